The Morgan fingerprint density at radius 2 is 1.74 bits per heavy atom. The molecule has 0 unspecified atom stereocenters. The van der Waals surface area contributed by atoms with Crippen LogP contribution in [0.4, 0.5) is 10.1 Å². The number of benzene rings is 2. The van der Waals surface area contributed by atoms with E-state index in [-0.39, 0.29) is 23.8 Å². The maximum absolute atomic E-state index is 13.1. The SMILES string of the molecule is NC(=O)c1ccccc1NC(=O)CN1CCC(O)(c2ccc(F)cc2)CC1. The molecule has 0 radical (unpaired) electrons. The standard InChI is InChI=1S/C20H22FN3O3/c21-15-7-5-14(6-8-15)20(27)9-11-24(12-10-20)13-18(25)23-17-4-2-1-3-16(17)19(22)26/h1-8,27H,9-13H2,(H2,22,26)(H,23,25). The van der Waals surface area contributed by atoms with Crippen molar-refractivity contribution in [3.8, 4) is 0 Å². The minimum Gasteiger partial charge on any atom is -0.385 e. The second-order valence-electron chi connectivity index (χ2n) is 6.77. The predicted octanol–water partition coefficient (Wildman–Crippen LogP) is 1.85. The topological polar surface area (TPSA) is 95.7 Å². The number of nitrogens with one attached hydrogen (secondary N) is 1. The molecule has 0 saturated carbocycles. The van der Waals surface area contributed by atoms with Crippen LogP contribution in [0.15, 0.2) is 48.5 Å². The van der Waals surface area contributed by atoms with E-state index in [9.17, 15) is 19.1 Å². The first-order valence-corrected chi connectivity index (χ1v) is 8.77. The lowest BCUT2D eigenvalue weighted by Gasteiger charge is -2.38. The molecule has 1 aliphatic heterocycles. The largest absolute Gasteiger partial charge is 0.385 e. The summed E-state index contributed by atoms with van der Waals surface area (Å²) in [6, 6.07) is 12.4. The van der Waals surface area contributed by atoms with Gasteiger partial charge in [0.25, 0.3) is 5.91 Å². The second-order valence-corrected chi connectivity index (χ2v) is 6.77. The fourth-order valence-corrected chi connectivity index (χ4v) is 3.33. The third-order valence-corrected chi connectivity index (χ3v) is 4.90. The summed E-state index contributed by atoms with van der Waals surface area (Å²) in [6.07, 6.45) is 0.896. The molecular formula is C20H22FN3O3. The van der Waals surface area contributed by atoms with Gasteiger partial charge in [0.15, 0.2) is 0 Å². The Labute approximate surface area is 156 Å². The molecule has 1 fully saturated rings. The summed E-state index contributed by atoms with van der Waals surface area (Å²) < 4.78 is 13.1. The lowest BCUT2D eigenvalue weighted by atomic mass is 9.84. The molecule has 0 aliphatic carbocycles. The van der Waals surface area contributed by atoms with Crippen LogP contribution in [0, 0.1) is 5.82 Å². The molecule has 1 heterocycles. The van der Waals surface area contributed by atoms with Gasteiger partial charge in [-0.2, -0.15) is 0 Å². The van der Waals surface area contributed by atoms with Crippen molar-refractivity contribution in [2.75, 3.05) is 25.0 Å². The average Bonchev–Trinajstić information content (AvgIpc) is 2.64. The molecule has 2 aromatic rings. The Morgan fingerprint density at radius 1 is 1.11 bits per heavy atom. The quantitative estimate of drug-likeness (QED) is 0.747. The van der Waals surface area contributed by atoms with Crippen molar-refractivity contribution in [1.29, 1.82) is 0 Å². The van der Waals surface area contributed by atoms with E-state index in [0.717, 1.165) is 0 Å². The van der Waals surface area contributed by atoms with E-state index in [2.05, 4.69) is 5.32 Å². The van der Waals surface area contributed by atoms with E-state index >= 15 is 0 Å². The van der Waals surface area contributed by atoms with Gasteiger partial charge in [-0.25, -0.2) is 4.39 Å². The maximum atomic E-state index is 13.1. The van der Waals surface area contributed by atoms with Gasteiger partial charge in [0.1, 0.15) is 5.82 Å². The minimum absolute atomic E-state index is 0.145. The van der Waals surface area contributed by atoms with Gasteiger partial charge in [-0.3, -0.25) is 14.5 Å². The summed E-state index contributed by atoms with van der Waals surface area (Å²) in [5.41, 5.74) is 5.63. The first kappa shape index (κ1) is 19.0. The van der Waals surface area contributed by atoms with Crippen molar-refractivity contribution in [2.45, 2.75) is 18.4 Å². The molecule has 1 aliphatic rings. The smallest absolute Gasteiger partial charge is 0.250 e. The van der Waals surface area contributed by atoms with E-state index in [4.69, 9.17) is 5.73 Å². The van der Waals surface area contributed by atoms with Crippen LogP contribution in [0.1, 0.15) is 28.8 Å². The molecule has 2 amide bonds. The van der Waals surface area contributed by atoms with Gasteiger partial charge >= 0.3 is 0 Å². The molecule has 4 N–H and O–H groups in total. The normalized spacial score (nSPS) is 16.7. The molecule has 0 atom stereocenters. The number of aliphatic hydroxyl groups is 1. The Morgan fingerprint density at radius 3 is 2.37 bits per heavy atom. The summed E-state index contributed by atoms with van der Waals surface area (Å²) in [7, 11) is 0. The number of piperidine rings is 1. The van der Waals surface area contributed by atoms with Crippen molar-refractivity contribution >= 4 is 17.5 Å². The number of nitrogens with zero attached hydrogens (tertiary/aromatic N) is 1. The number of likely N-dealkylation sites (tertiary alicyclic amines) is 1. The average molecular weight is 371 g/mol. The van der Waals surface area contributed by atoms with Crippen LogP contribution in [0.25, 0.3) is 0 Å². The van der Waals surface area contributed by atoms with Gasteiger partial charge in [-0.1, -0.05) is 24.3 Å². The summed E-state index contributed by atoms with van der Waals surface area (Å²) in [6.45, 7) is 1.20. The number of nitrogens with two attached hydrogens (primary N) is 1. The van der Waals surface area contributed by atoms with Crippen LogP contribution in [0.3, 0.4) is 0 Å². The number of primary amides is 1. The number of carbonyl (C=O) groups is 2. The fourth-order valence-electron chi connectivity index (χ4n) is 3.33. The zero-order chi connectivity index (χ0) is 19.4. The van der Waals surface area contributed by atoms with Crippen LogP contribution in [-0.4, -0.2) is 41.5 Å². The van der Waals surface area contributed by atoms with E-state index in [1.807, 2.05) is 4.90 Å². The van der Waals surface area contributed by atoms with Crippen molar-refractivity contribution < 1.29 is 19.1 Å². The highest BCUT2D eigenvalue weighted by Gasteiger charge is 2.34. The zero-order valence-corrected chi connectivity index (χ0v) is 14.8. The maximum Gasteiger partial charge on any atom is 0.250 e. The van der Waals surface area contributed by atoms with Crippen LogP contribution in [0.5, 0.6) is 0 Å². The first-order valence-electron chi connectivity index (χ1n) is 8.77. The number of hydrogen-bond acceptors (Lipinski definition) is 4. The van der Waals surface area contributed by atoms with Gasteiger partial charge in [-0.05, 0) is 42.7 Å². The summed E-state index contributed by atoms with van der Waals surface area (Å²) in [5, 5.41) is 13.5. The number of para-hydroxylation sites is 1. The van der Waals surface area contributed by atoms with Gasteiger partial charge in [0.05, 0.1) is 23.4 Å². The van der Waals surface area contributed by atoms with Crippen molar-refractivity contribution in [3.63, 3.8) is 0 Å². The van der Waals surface area contributed by atoms with Crippen LogP contribution in [0.2, 0.25) is 0 Å². The molecule has 2 aromatic carbocycles. The molecule has 27 heavy (non-hydrogen) atoms. The Balaban J connectivity index is 1.57. The number of amides is 2. The Kier molecular flexibility index (Phi) is 5.53. The number of anilines is 1. The highest BCUT2D eigenvalue weighted by Crippen LogP contribution is 2.32. The predicted molar refractivity (Wildman–Crippen MR) is 99.6 cm³/mol. The van der Waals surface area contributed by atoms with Crippen molar-refractivity contribution in [2.24, 2.45) is 5.73 Å². The van der Waals surface area contributed by atoms with E-state index in [1.165, 1.54) is 12.1 Å². The fraction of sp³-hybridized carbons (Fsp3) is 0.300. The van der Waals surface area contributed by atoms with E-state index < -0.39 is 11.5 Å². The number of halogens is 1. The molecular weight excluding hydrogens is 349 g/mol. The zero-order valence-electron chi connectivity index (χ0n) is 14.8. The number of hydrogen-bond donors (Lipinski definition) is 3. The van der Waals surface area contributed by atoms with Crippen LogP contribution in [-0.2, 0) is 10.4 Å². The van der Waals surface area contributed by atoms with Crippen molar-refractivity contribution in [1.82, 2.24) is 4.90 Å². The monoisotopic (exact) mass is 371 g/mol. The minimum atomic E-state index is -1.01. The molecule has 142 valence electrons. The van der Waals surface area contributed by atoms with Gasteiger partial charge in [-0.15, -0.1) is 0 Å². The van der Waals surface area contributed by atoms with Crippen LogP contribution >= 0.6 is 0 Å². The first-order chi connectivity index (χ1) is 12.9. The molecule has 0 aromatic heterocycles. The lowest BCUT2D eigenvalue weighted by Crippen LogP contribution is -2.45. The molecule has 3 rings (SSSR count). The summed E-state index contributed by atoms with van der Waals surface area (Å²) in [4.78, 5) is 25.7. The van der Waals surface area contributed by atoms with Gasteiger partial charge < -0.3 is 16.2 Å². The van der Waals surface area contributed by atoms with Gasteiger partial charge in [0, 0.05) is 13.1 Å². The third-order valence-electron chi connectivity index (χ3n) is 4.90. The lowest BCUT2D eigenvalue weighted by molar-refractivity contribution is -0.118. The van der Waals surface area contributed by atoms with Crippen LogP contribution < -0.4 is 11.1 Å². The molecule has 6 nitrogen and oxygen atoms in total. The summed E-state index contributed by atoms with van der Waals surface area (Å²) in [5.74, 6) is -1.20. The summed E-state index contributed by atoms with van der Waals surface area (Å²) >= 11 is 0. The highest BCUT2D eigenvalue weighted by atomic mass is 19.1. The number of rotatable bonds is 5. The van der Waals surface area contributed by atoms with E-state index in [1.54, 1.807) is 36.4 Å². The molecule has 0 spiro atoms. The van der Waals surface area contributed by atoms with E-state index in [0.29, 0.717) is 37.2 Å². The second kappa shape index (κ2) is 7.85. The number of carbonyl (C=O) groups excluding carboxylic acids is 2. The Hall–Kier alpha value is -2.77. The molecule has 7 heteroatoms. The highest BCUT2D eigenvalue weighted by molar-refractivity contribution is 6.03. The Bertz CT molecular complexity index is 831. The van der Waals surface area contributed by atoms with Crippen molar-refractivity contribution in [3.05, 3.63) is 65.5 Å². The van der Waals surface area contributed by atoms with Gasteiger partial charge in [0.2, 0.25) is 5.91 Å². The third kappa shape index (κ3) is 4.50. The molecule has 1 saturated heterocycles. The molecule has 0 bridgehead atoms.